The van der Waals surface area contributed by atoms with Gasteiger partial charge in [0.05, 0.1) is 30.5 Å². The van der Waals surface area contributed by atoms with Gasteiger partial charge in [-0.25, -0.2) is 0 Å². The predicted octanol–water partition coefficient (Wildman–Crippen LogP) is 3.60. The zero-order chi connectivity index (χ0) is 17.9. The number of rotatable bonds is 5. The van der Waals surface area contributed by atoms with Crippen LogP contribution in [0.15, 0.2) is 29.3 Å². The van der Waals surface area contributed by atoms with Gasteiger partial charge < -0.3 is 20.1 Å². The number of hydrogen-bond acceptors (Lipinski definition) is 3. The highest BCUT2D eigenvalue weighted by atomic mass is 127. The van der Waals surface area contributed by atoms with Gasteiger partial charge in [-0.15, -0.1) is 24.0 Å². The maximum atomic E-state index is 5.90. The summed E-state index contributed by atoms with van der Waals surface area (Å²) in [6, 6.07) is 8.89. The molecule has 0 aromatic heterocycles. The zero-order valence-corrected chi connectivity index (χ0v) is 18.6. The first-order valence-corrected chi connectivity index (χ1v) is 9.27. The van der Waals surface area contributed by atoms with Crippen molar-refractivity contribution >= 4 is 29.9 Å². The Bertz CT molecular complexity index is 615. The standard InChI is InChI=1S/C20H31N3O2.HI/c1-20(2,3)24-13-15-7-5-6-14(10-15)12-22-19(21-4)23-17-11-16-8-9-18(17)25-16;/h5-7,10,16-18H,8-9,11-13H2,1-4H3,(H2,21,22,23);1H. The summed E-state index contributed by atoms with van der Waals surface area (Å²) in [5.41, 5.74) is 2.30. The molecule has 2 heterocycles. The third-order valence-corrected chi connectivity index (χ3v) is 4.77. The van der Waals surface area contributed by atoms with Crippen molar-refractivity contribution in [2.24, 2.45) is 4.99 Å². The molecular weight excluding hydrogens is 441 g/mol. The fraction of sp³-hybridized carbons (Fsp3) is 0.650. The van der Waals surface area contributed by atoms with Gasteiger partial charge in [0.2, 0.25) is 0 Å². The molecule has 0 spiro atoms. The lowest BCUT2D eigenvalue weighted by Gasteiger charge is -2.23. The first kappa shape index (κ1) is 21.4. The number of benzene rings is 1. The lowest BCUT2D eigenvalue weighted by molar-refractivity contribution is -0.0149. The third-order valence-electron chi connectivity index (χ3n) is 4.77. The fourth-order valence-electron chi connectivity index (χ4n) is 3.48. The van der Waals surface area contributed by atoms with E-state index in [2.05, 4.69) is 60.7 Å². The highest BCUT2D eigenvalue weighted by molar-refractivity contribution is 14.0. The molecule has 0 aliphatic carbocycles. The summed E-state index contributed by atoms with van der Waals surface area (Å²) >= 11 is 0. The second kappa shape index (κ2) is 9.37. The highest BCUT2D eigenvalue weighted by Gasteiger charge is 2.41. The van der Waals surface area contributed by atoms with Crippen LogP contribution in [-0.4, -0.2) is 36.9 Å². The average Bonchev–Trinajstić information content (AvgIpc) is 3.19. The molecule has 2 bridgehead atoms. The number of nitrogens with zero attached hydrogens (tertiary/aromatic N) is 1. The monoisotopic (exact) mass is 473 g/mol. The molecule has 1 aromatic carbocycles. The van der Waals surface area contributed by atoms with E-state index in [1.807, 2.05) is 7.05 Å². The molecule has 1 aromatic rings. The molecule has 2 aliphatic rings. The van der Waals surface area contributed by atoms with Crippen molar-refractivity contribution in [1.29, 1.82) is 0 Å². The SMILES string of the molecule is CN=C(NCc1cccc(COC(C)(C)C)c1)NC1CC2CCC1O2.I. The third kappa shape index (κ3) is 6.09. The topological polar surface area (TPSA) is 54.9 Å². The number of aliphatic imine (C=N–C) groups is 1. The second-order valence-electron chi connectivity index (χ2n) is 8.01. The minimum absolute atomic E-state index is 0. The van der Waals surface area contributed by atoms with Crippen LogP contribution >= 0.6 is 24.0 Å². The molecule has 2 aliphatic heterocycles. The van der Waals surface area contributed by atoms with E-state index in [4.69, 9.17) is 9.47 Å². The molecule has 2 N–H and O–H groups in total. The molecule has 6 heteroatoms. The van der Waals surface area contributed by atoms with Gasteiger partial charge >= 0.3 is 0 Å². The normalized spacial score (nSPS) is 25.1. The van der Waals surface area contributed by atoms with E-state index in [9.17, 15) is 0 Å². The van der Waals surface area contributed by atoms with Crippen LogP contribution < -0.4 is 10.6 Å². The van der Waals surface area contributed by atoms with E-state index in [1.165, 1.54) is 17.5 Å². The molecule has 0 radical (unpaired) electrons. The van der Waals surface area contributed by atoms with Gasteiger partial charge in [0.25, 0.3) is 0 Å². The van der Waals surface area contributed by atoms with E-state index in [0.29, 0.717) is 24.9 Å². The Hall–Kier alpha value is -0.860. The Labute approximate surface area is 174 Å². The van der Waals surface area contributed by atoms with Crippen molar-refractivity contribution in [2.45, 2.75) is 77.0 Å². The van der Waals surface area contributed by atoms with Crippen LogP contribution in [0.4, 0.5) is 0 Å². The number of fused-ring (bicyclic) bond motifs is 2. The number of hydrogen-bond donors (Lipinski definition) is 2. The summed E-state index contributed by atoms with van der Waals surface area (Å²) in [6.45, 7) is 7.60. The van der Waals surface area contributed by atoms with Gasteiger partial charge in [0, 0.05) is 13.6 Å². The van der Waals surface area contributed by atoms with Crippen molar-refractivity contribution in [3.05, 3.63) is 35.4 Å². The van der Waals surface area contributed by atoms with E-state index in [0.717, 1.165) is 25.3 Å². The predicted molar refractivity (Wildman–Crippen MR) is 116 cm³/mol. The first-order valence-electron chi connectivity index (χ1n) is 9.27. The highest BCUT2D eigenvalue weighted by Crippen LogP contribution is 2.34. The molecule has 3 unspecified atom stereocenters. The quantitative estimate of drug-likeness (QED) is 0.390. The lowest BCUT2D eigenvalue weighted by Crippen LogP contribution is -2.47. The summed E-state index contributed by atoms with van der Waals surface area (Å²) in [5, 5.41) is 6.93. The minimum Gasteiger partial charge on any atom is -0.373 e. The summed E-state index contributed by atoms with van der Waals surface area (Å²) in [6.07, 6.45) is 4.25. The van der Waals surface area contributed by atoms with Crippen LogP contribution in [0.1, 0.15) is 51.2 Å². The zero-order valence-electron chi connectivity index (χ0n) is 16.2. The fourth-order valence-corrected chi connectivity index (χ4v) is 3.48. The van der Waals surface area contributed by atoms with Crippen LogP contribution in [0.2, 0.25) is 0 Å². The van der Waals surface area contributed by atoms with Crippen LogP contribution in [0, 0.1) is 0 Å². The molecule has 2 fully saturated rings. The average molecular weight is 473 g/mol. The van der Waals surface area contributed by atoms with Gasteiger partial charge in [-0.1, -0.05) is 24.3 Å². The number of guanidine groups is 1. The van der Waals surface area contributed by atoms with Gasteiger partial charge in [0.1, 0.15) is 0 Å². The minimum atomic E-state index is -0.122. The Kier molecular flexibility index (Phi) is 7.73. The van der Waals surface area contributed by atoms with Crippen molar-refractivity contribution in [3.63, 3.8) is 0 Å². The summed E-state index contributed by atoms with van der Waals surface area (Å²) in [4.78, 5) is 4.36. The maximum absolute atomic E-state index is 5.90. The van der Waals surface area contributed by atoms with Crippen LogP contribution in [0.3, 0.4) is 0 Å². The molecule has 0 amide bonds. The molecule has 0 saturated carbocycles. The van der Waals surface area contributed by atoms with Crippen LogP contribution in [-0.2, 0) is 22.6 Å². The molecule has 3 rings (SSSR count). The smallest absolute Gasteiger partial charge is 0.191 e. The Balaban J connectivity index is 0.00000243. The van der Waals surface area contributed by atoms with Gasteiger partial charge in [-0.2, -0.15) is 0 Å². The lowest BCUT2D eigenvalue weighted by atomic mass is 9.96. The summed E-state index contributed by atoms with van der Waals surface area (Å²) in [5.74, 6) is 0.845. The Morgan fingerprint density at radius 1 is 1.27 bits per heavy atom. The summed E-state index contributed by atoms with van der Waals surface area (Å²) < 4.78 is 11.8. The molecule has 26 heavy (non-hydrogen) atoms. The van der Waals surface area contributed by atoms with Crippen molar-refractivity contribution < 1.29 is 9.47 Å². The first-order chi connectivity index (χ1) is 11.9. The van der Waals surface area contributed by atoms with E-state index < -0.39 is 0 Å². The van der Waals surface area contributed by atoms with Crippen molar-refractivity contribution in [3.8, 4) is 0 Å². The molecule has 5 nitrogen and oxygen atoms in total. The number of ether oxygens (including phenoxy) is 2. The van der Waals surface area contributed by atoms with Crippen molar-refractivity contribution in [1.82, 2.24) is 10.6 Å². The largest absolute Gasteiger partial charge is 0.373 e. The van der Waals surface area contributed by atoms with Gasteiger partial charge in [0.15, 0.2) is 5.96 Å². The second-order valence-corrected chi connectivity index (χ2v) is 8.01. The Morgan fingerprint density at radius 3 is 2.65 bits per heavy atom. The maximum Gasteiger partial charge on any atom is 0.191 e. The van der Waals surface area contributed by atoms with Crippen LogP contribution in [0.5, 0.6) is 0 Å². The van der Waals surface area contributed by atoms with Crippen LogP contribution in [0.25, 0.3) is 0 Å². The van der Waals surface area contributed by atoms with Gasteiger partial charge in [-0.3, -0.25) is 4.99 Å². The van der Waals surface area contributed by atoms with E-state index >= 15 is 0 Å². The summed E-state index contributed by atoms with van der Waals surface area (Å²) in [7, 11) is 1.82. The number of halogens is 1. The Morgan fingerprint density at radius 2 is 2.04 bits per heavy atom. The van der Waals surface area contributed by atoms with Crippen molar-refractivity contribution in [2.75, 3.05) is 7.05 Å². The molecular formula is C20H32IN3O2. The van der Waals surface area contributed by atoms with E-state index in [1.54, 1.807) is 0 Å². The molecule has 3 atom stereocenters. The molecule has 146 valence electrons. The number of nitrogens with one attached hydrogen (secondary N) is 2. The van der Waals surface area contributed by atoms with Gasteiger partial charge in [-0.05, 0) is 51.2 Å². The van der Waals surface area contributed by atoms with E-state index in [-0.39, 0.29) is 29.6 Å². The molecule has 2 saturated heterocycles.